The van der Waals surface area contributed by atoms with E-state index >= 15 is 0 Å². The average Bonchev–Trinajstić information content (AvgIpc) is 3.44. The largest absolute Gasteiger partial charge is 0.489 e. The van der Waals surface area contributed by atoms with Gasteiger partial charge in [0, 0.05) is 18.8 Å². The molecular weight excluding hydrogens is 495 g/mol. The van der Waals surface area contributed by atoms with Crippen LogP contribution in [-0.4, -0.2) is 24.2 Å². The zero-order valence-electron chi connectivity index (χ0n) is 17.2. The minimum Gasteiger partial charge on any atom is -0.489 e. The third kappa shape index (κ3) is 6.34. The van der Waals surface area contributed by atoms with E-state index < -0.39 is 18.7 Å². The Morgan fingerprint density at radius 1 is 1.15 bits per heavy atom. The van der Waals surface area contributed by atoms with Gasteiger partial charge in [0.1, 0.15) is 11.0 Å². The van der Waals surface area contributed by atoms with Crippen LogP contribution >= 0.6 is 34.5 Å². The van der Waals surface area contributed by atoms with E-state index in [-0.39, 0.29) is 17.9 Å². The topological polar surface area (TPSA) is 57.7 Å². The van der Waals surface area contributed by atoms with E-state index in [1.165, 1.54) is 29.8 Å². The Morgan fingerprint density at radius 3 is 2.55 bits per heavy atom. The van der Waals surface area contributed by atoms with Gasteiger partial charge in [0.25, 0.3) is 0 Å². The smallest absolute Gasteiger partial charge is 0.387 e. The summed E-state index contributed by atoms with van der Waals surface area (Å²) >= 11 is 13.8. The number of rotatable bonds is 10. The van der Waals surface area contributed by atoms with Crippen LogP contribution in [0.15, 0.2) is 48.1 Å². The zero-order valence-corrected chi connectivity index (χ0v) is 19.5. The highest BCUT2D eigenvalue weighted by Crippen LogP contribution is 2.38. The lowest BCUT2D eigenvalue weighted by Crippen LogP contribution is -2.15. The quantitative estimate of drug-likeness (QED) is 0.273. The number of carbonyl (C=O) groups is 1. The summed E-state index contributed by atoms with van der Waals surface area (Å²) in [6.07, 6.45) is 4.29. The highest BCUT2D eigenvalue weighted by atomic mass is 35.5. The van der Waals surface area contributed by atoms with Crippen molar-refractivity contribution >= 4 is 40.5 Å². The number of carbonyl (C=O) groups excluding carboxylic acids is 1. The normalized spacial score (nSPS) is 14.2. The number of hydrogen-bond donors (Lipinski definition) is 0. The molecule has 0 aliphatic heterocycles. The van der Waals surface area contributed by atoms with Crippen LogP contribution < -0.4 is 9.47 Å². The lowest BCUT2D eigenvalue weighted by Gasteiger charge is -2.21. The number of thiophene rings is 1. The lowest BCUT2D eigenvalue weighted by atomic mass is 10.0. The molecule has 0 bridgehead atoms. The van der Waals surface area contributed by atoms with Crippen LogP contribution in [0.3, 0.4) is 0 Å². The number of hydrogen-bond acceptors (Lipinski definition) is 6. The van der Waals surface area contributed by atoms with Crippen LogP contribution in [0.1, 0.15) is 39.7 Å². The summed E-state index contributed by atoms with van der Waals surface area (Å²) in [6.45, 7) is -2.61. The van der Waals surface area contributed by atoms with Crippen molar-refractivity contribution in [3.63, 3.8) is 0 Å². The molecule has 1 aromatic carbocycles. The molecule has 0 N–H and O–H groups in total. The van der Waals surface area contributed by atoms with Crippen molar-refractivity contribution in [2.24, 2.45) is 5.92 Å². The standard InChI is InChI=1S/C23H19Cl2F2NO4S/c24-16-10-28-11-17(25)15(16)9-19(31-22(29)21-2-1-7-33-21)14-5-6-18(32-23(26)27)20(8-14)30-12-13-3-4-13/h1-2,5-8,10-11,13,19,23H,3-4,9,12H2/t19-/m0/s1. The van der Waals surface area contributed by atoms with E-state index in [0.29, 0.717) is 38.6 Å². The van der Waals surface area contributed by atoms with Crippen molar-refractivity contribution in [1.29, 1.82) is 0 Å². The SMILES string of the molecule is O=C(O[C@@H](Cc1c(Cl)cncc1Cl)c1ccc(OC(F)F)c(OCC2CC2)c1)c1cccs1. The van der Waals surface area contributed by atoms with E-state index in [0.717, 1.165) is 12.8 Å². The number of esters is 1. The van der Waals surface area contributed by atoms with E-state index in [9.17, 15) is 13.6 Å². The Hall–Kier alpha value is -2.42. The van der Waals surface area contributed by atoms with E-state index in [2.05, 4.69) is 9.72 Å². The first-order chi connectivity index (χ1) is 15.9. The van der Waals surface area contributed by atoms with E-state index in [1.807, 2.05) is 0 Å². The molecule has 1 saturated carbocycles. The van der Waals surface area contributed by atoms with Crippen LogP contribution in [0.4, 0.5) is 8.78 Å². The van der Waals surface area contributed by atoms with Crippen LogP contribution in [0.2, 0.25) is 10.0 Å². The summed E-state index contributed by atoms with van der Waals surface area (Å²) < 4.78 is 42.0. The first-order valence-corrected chi connectivity index (χ1v) is 11.8. The maximum absolute atomic E-state index is 12.9. The van der Waals surface area contributed by atoms with Crippen LogP contribution in [0.5, 0.6) is 11.5 Å². The van der Waals surface area contributed by atoms with E-state index in [1.54, 1.807) is 29.6 Å². The molecule has 1 atom stereocenters. The van der Waals surface area contributed by atoms with Crippen LogP contribution in [0, 0.1) is 5.92 Å². The fraction of sp³-hybridized carbons (Fsp3) is 0.304. The van der Waals surface area contributed by atoms with Gasteiger partial charge in [0.05, 0.1) is 16.7 Å². The second-order valence-corrected chi connectivity index (χ2v) is 9.26. The number of nitrogens with zero attached hydrogens (tertiary/aromatic N) is 1. The first-order valence-electron chi connectivity index (χ1n) is 10.1. The average molecular weight is 514 g/mol. The Morgan fingerprint density at radius 2 is 1.91 bits per heavy atom. The van der Waals surface area contributed by atoms with Gasteiger partial charge < -0.3 is 14.2 Å². The van der Waals surface area contributed by atoms with Gasteiger partial charge in [-0.15, -0.1) is 11.3 Å². The van der Waals surface area contributed by atoms with E-state index in [4.69, 9.17) is 32.7 Å². The lowest BCUT2D eigenvalue weighted by molar-refractivity contribution is -0.0515. The van der Waals surface area contributed by atoms with Gasteiger partial charge >= 0.3 is 12.6 Å². The minimum atomic E-state index is -3.00. The van der Waals surface area contributed by atoms with Gasteiger partial charge in [-0.2, -0.15) is 8.78 Å². The number of halogens is 4. The molecule has 10 heteroatoms. The first kappa shape index (κ1) is 23.7. The molecule has 33 heavy (non-hydrogen) atoms. The fourth-order valence-corrected chi connectivity index (χ4v) is 4.28. The number of pyridine rings is 1. The summed E-state index contributed by atoms with van der Waals surface area (Å²) in [6, 6.07) is 7.88. The van der Waals surface area contributed by atoms with Crippen molar-refractivity contribution in [2.45, 2.75) is 32.0 Å². The van der Waals surface area contributed by atoms with Crippen molar-refractivity contribution < 1.29 is 27.8 Å². The van der Waals surface area contributed by atoms with Crippen LogP contribution in [-0.2, 0) is 11.2 Å². The highest BCUT2D eigenvalue weighted by molar-refractivity contribution is 7.11. The third-order valence-corrected chi connectivity index (χ3v) is 6.54. The maximum Gasteiger partial charge on any atom is 0.387 e. The molecule has 0 amide bonds. The molecular formula is C23H19Cl2F2NO4S. The van der Waals surface area contributed by atoms with Crippen molar-refractivity contribution in [3.05, 3.63) is 74.2 Å². The van der Waals surface area contributed by atoms with Crippen molar-refractivity contribution in [2.75, 3.05) is 6.61 Å². The third-order valence-electron chi connectivity index (χ3n) is 5.04. The summed E-state index contributed by atoms with van der Waals surface area (Å²) in [5, 5.41) is 2.41. The molecule has 0 spiro atoms. The van der Waals surface area contributed by atoms with Gasteiger partial charge in [-0.05, 0) is 53.5 Å². The maximum atomic E-state index is 12.9. The predicted octanol–water partition coefficient (Wildman–Crippen LogP) is 6.98. The summed E-state index contributed by atoms with van der Waals surface area (Å²) in [7, 11) is 0. The van der Waals surface area contributed by atoms with Crippen molar-refractivity contribution in [3.8, 4) is 11.5 Å². The second-order valence-electron chi connectivity index (χ2n) is 7.50. The van der Waals surface area contributed by atoms with Gasteiger partial charge in [0.15, 0.2) is 11.5 Å². The Kier molecular flexibility index (Phi) is 7.67. The zero-order chi connectivity index (χ0) is 23.4. The molecule has 5 nitrogen and oxygen atoms in total. The molecule has 174 valence electrons. The van der Waals surface area contributed by atoms with Crippen molar-refractivity contribution in [1.82, 2.24) is 4.98 Å². The van der Waals surface area contributed by atoms with Gasteiger partial charge in [-0.3, -0.25) is 4.98 Å². The van der Waals surface area contributed by atoms with Gasteiger partial charge in [-0.25, -0.2) is 4.79 Å². The second kappa shape index (κ2) is 10.7. The minimum absolute atomic E-state index is 0.0855. The molecule has 0 saturated heterocycles. The Balaban J connectivity index is 1.66. The molecule has 1 aliphatic rings. The number of ether oxygens (including phenoxy) is 3. The van der Waals surface area contributed by atoms with Crippen LogP contribution in [0.25, 0.3) is 0 Å². The number of aromatic nitrogens is 1. The molecule has 1 fully saturated rings. The number of alkyl halides is 2. The molecule has 3 aromatic rings. The fourth-order valence-electron chi connectivity index (χ4n) is 3.15. The number of benzene rings is 1. The predicted molar refractivity (Wildman–Crippen MR) is 122 cm³/mol. The summed E-state index contributed by atoms with van der Waals surface area (Å²) in [5.74, 6) is -0.0545. The molecule has 2 aromatic heterocycles. The molecule has 0 unspecified atom stereocenters. The monoisotopic (exact) mass is 513 g/mol. The molecule has 1 aliphatic carbocycles. The molecule has 0 radical (unpaired) electrons. The molecule has 2 heterocycles. The molecule has 4 rings (SSSR count). The Labute approximate surface area is 203 Å². The summed E-state index contributed by atoms with van der Waals surface area (Å²) in [5.41, 5.74) is 1.07. The summed E-state index contributed by atoms with van der Waals surface area (Å²) in [4.78, 5) is 17.1. The van der Waals surface area contributed by atoms with Gasteiger partial charge in [-0.1, -0.05) is 35.3 Å². The Bertz CT molecular complexity index is 1090. The highest BCUT2D eigenvalue weighted by Gasteiger charge is 2.26. The van der Waals surface area contributed by atoms with Gasteiger partial charge in [0.2, 0.25) is 0 Å².